The number of hydrogen-bond acceptors (Lipinski definition) is 2. The lowest BCUT2D eigenvalue weighted by Crippen LogP contribution is -2.33. The van der Waals surface area contributed by atoms with Gasteiger partial charge in [0.25, 0.3) is 5.91 Å². The number of benzene rings is 2. The number of rotatable bonds is 6. The Morgan fingerprint density at radius 2 is 1.62 bits per heavy atom. The predicted octanol–water partition coefficient (Wildman–Crippen LogP) is 4.27. The van der Waals surface area contributed by atoms with E-state index in [4.69, 9.17) is 4.74 Å². The molecule has 0 saturated heterocycles. The first kappa shape index (κ1) is 18.2. The van der Waals surface area contributed by atoms with Gasteiger partial charge in [-0.2, -0.15) is 0 Å². The number of methoxy groups -OCH3 is 1. The number of hydrogen-bond donors (Lipinski definition) is 0. The Labute approximate surface area is 145 Å². The quantitative estimate of drug-likeness (QED) is 0.793. The van der Waals surface area contributed by atoms with E-state index in [0.717, 1.165) is 11.1 Å². The summed E-state index contributed by atoms with van der Waals surface area (Å²) in [5.41, 5.74) is 3.15. The third-order valence-corrected chi connectivity index (χ3v) is 4.07. The average molecular weight is 325 g/mol. The molecule has 3 nitrogen and oxygen atoms in total. The fourth-order valence-electron chi connectivity index (χ4n) is 2.55. The summed E-state index contributed by atoms with van der Waals surface area (Å²) in [6.45, 7) is 8.20. The maximum atomic E-state index is 12.9. The molecule has 0 N–H and O–H groups in total. The Kier molecular flexibility index (Phi) is 6.16. The Morgan fingerprint density at radius 1 is 1.00 bits per heavy atom. The molecule has 2 aromatic rings. The van der Waals surface area contributed by atoms with Gasteiger partial charge in [0.1, 0.15) is 0 Å². The minimum atomic E-state index is 0.0383. The summed E-state index contributed by atoms with van der Waals surface area (Å²) in [6, 6.07) is 18.0. The molecule has 0 aliphatic carbocycles. The van der Waals surface area contributed by atoms with Crippen LogP contribution in [0.3, 0.4) is 0 Å². The van der Waals surface area contributed by atoms with Crippen LogP contribution in [0.25, 0.3) is 0 Å². The molecule has 24 heavy (non-hydrogen) atoms. The summed E-state index contributed by atoms with van der Waals surface area (Å²) < 4.78 is 5.17. The van der Waals surface area contributed by atoms with Gasteiger partial charge in [0.15, 0.2) is 0 Å². The Morgan fingerprint density at radius 3 is 2.17 bits per heavy atom. The highest BCUT2D eigenvalue weighted by atomic mass is 16.5. The second-order valence-corrected chi connectivity index (χ2v) is 7.03. The third-order valence-electron chi connectivity index (χ3n) is 4.07. The van der Waals surface area contributed by atoms with E-state index >= 15 is 0 Å². The van der Waals surface area contributed by atoms with Crippen molar-refractivity contribution in [2.75, 3.05) is 20.3 Å². The first-order valence-electron chi connectivity index (χ1n) is 8.34. The standard InChI is InChI=1S/C21H27NO2/c1-21(2,3)19-12-10-18(11-13-19)20(23)22(14-15-24-4)16-17-8-6-5-7-9-17/h5-13H,14-16H2,1-4H3. The van der Waals surface area contributed by atoms with E-state index in [2.05, 4.69) is 20.8 Å². The van der Waals surface area contributed by atoms with Crippen LogP contribution < -0.4 is 0 Å². The number of carbonyl (C=O) groups is 1. The Bertz CT molecular complexity index is 642. The lowest BCUT2D eigenvalue weighted by atomic mass is 9.86. The zero-order valence-electron chi connectivity index (χ0n) is 15.1. The van der Waals surface area contributed by atoms with Crippen molar-refractivity contribution in [1.29, 1.82) is 0 Å². The molecule has 2 aromatic carbocycles. The average Bonchev–Trinajstić information content (AvgIpc) is 2.58. The smallest absolute Gasteiger partial charge is 0.254 e. The van der Waals surface area contributed by atoms with Crippen LogP contribution in [0, 0.1) is 0 Å². The van der Waals surface area contributed by atoms with Crippen molar-refractivity contribution < 1.29 is 9.53 Å². The van der Waals surface area contributed by atoms with E-state index in [1.807, 2.05) is 59.5 Å². The summed E-state index contributed by atoms with van der Waals surface area (Å²) in [7, 11) is 1.66. The topological polar surface area (TPSA) is 29.5 Å². The van der Waals surface area contributed by atoms with Crippen LogP contribution in [0.4, 0.5) is 0 Å². The van der Waals surface area contributed by atoms with Crippen molar-refractivity contribution in [2.45, 2.75) is 32.7 Å². The van der Waals surface area contributed by atoms with E-state index in [1.165, 1.54) is 5.56 Å². The fourth-order valence-corrected chi connectivity index (χ4v) is 2.55. The van der Waals surface area contributed by atoms with Crippen LogP contribution in [0.1, 0.15) is 42.3 Å². The summed E-state index contributed by atoms with van der Waals surface area (Å²) >= 11 is 0. The second kappa shape index (κ2) is 8.11. The molecule has 0 bridgehead atoms. The first-order chi connectivity index (χ1) is 11.4. The van der Waals surface area contributed by atoms with Crippen LogP contribution in [0.15, 0.2) is 54.6 Å². The summed E-state index contributed by atoms with van der Waals surface area (Å²) in [4.78, 5) is 14.7. The molecule has 0 atom stereocenters. The lowest BCUT2D eigenvalue weighted by molar-refractivity contribution is 0.0680. The molecule has 0 aliphatic rings. The first-order valence-corrected chi connectivity index (χ1v) is 8.34. The minimum Gasteiger partial charge on any atom is -0.383 e. The molecule has 3 heteroatoms. The van der Waals surface area contributed by atoms with Crippen molar-refractivity contribution >= 4 is 5.91 Å². The Balaban J connectivity index is 2.17. The maximum absolute atomic E-state index is 12.9. The summed E-state index contributed by atoms with van der Waals surface area (Å²) in [5, 5.41) is 0. The molecule has 0 aliphatic heterocycles. The van der Waals surface area contributed by atoms with E-state index in [9.17, 15) is 4.79 Å². The number of nitrogens with zero attached hydrogens (tertiary/aromatic N) is 1. The minimum absolute atomic E-state index is 0.0383. The summed E-state index contributed by atoms with van der Waals surface area (Å²) in [6.07, 6.45) is 0. The molecular weight excluding hydrogens is 298 g/mol. The van der Waals surface area contributed by atoms with Crippen molar-refractivity contribution in [2.24, 2.45) is 0 Å². The predicted molar refractivity (Wildman–Crippen MR) is 98.2 cm³/mol. The van der Waals surface area contributed by atoms with Crippen LogP contribution in [-0.2, 0) is 16.7 Å². The highest BCUT2D eigenvalue weighted by Gasteiger charge is 2.18. The Hall–Kier alpha value is -2.13. The van der Waals surface area contributed by atoms with Gasteiger partial charge in [-0.1, -0.05) is 63.2 Å². The van der Waals surface area contributed by atoms with Gasteiger partial charge in [-0.25, -0.2) is 0 Å². The van der Waals surface area contributed by atoms with Crippen LogP contribution in [0.2, 0.25) is 0 Å². The van der Waals surface area contributed by atoms with E-state index in [-0.39, 0.29) is 11.3 Å². The van der Waals surface area contributed by atoms with Gasteiger partial charge in [-0.3, -0.25) is 4.79 Å². The number of carbonyl (C=O) groups excluding carboxylic acids is 1. The molecule has 0 aromatic heterocycles. The van der Waals surface area contributed by atoms with Crippen LogP contribution in [0.5, 0.6) is 0 Å². The van der Waals surface area contributed by atoms with Crippen molar-refractivity contribution in [3.63, 3.8) is 0 Å². The molecule has 0 heterocycles. The van der Waals surface area contributed by atoms with Crippen molar-refractivity contribution in [3.05, 3.63) is 71.3 Å². The van der Waals surface area contributed by atoms with Gasteiger partial charge < -0.3 is 9.64 Å². The van der Waals surface area contributed by atoms with Gasteiger partial charge in [0.2, 0.25) is 0 Å². The molecule has 0 spiro atoms. The number of amides is 1. The molecule has 0 saturated carbocycles. The highest BCUT2D eigenvalue weighted by Crippen LogP contribution is 2.22. The normalized spacial score (nSPS) is 11.3. The monoisotopic (exact) mass is 325 g/mol. The lowest BCUT2D eigenvalue weighted by Gasteiger charge is -2.24. The van der Waals surface area contributed by atoms with Gasteiger partial charge >= 0.3 is 0 Å². The largest absolute Gasteiger partial charge is 0.383 e. The van der Waals surface area contributed by atoms with E-state index < -0.39 is 0 Å². The van der Waals surface area contributed by atoms with Gasteiger partial charge in [0.05, 0.1) is 6.61 Å². The maximum Gasteiger partial charge on any atom is 0.254 e. The second-order valence-electron chi connectivity index (χ2n) is 7.03. The van der Waals surface area contributed by atoms with Crippen molar-refractivity contribution in [3.8, 4) is 0 Å². The molecule has 0 radical (unpaired) electrons. The summed E-state index contributed by atoms with van der Waals surface area (Å²) in [5.74, 6) is 0.0383. The molecule has 0 unspecified atom stereocenters. The van der Waals surface area contributed by atoms with Crippen LogP contribution in [-0.4, -0.2) is 31.1 Å². The van der Waals surface area contributed by atoms with Gasteiger partial charge in [-0.05, 0) is 28.7 Å². The van der Waals surface area contributed by atoms with E-state index in [0.29, 0.717) is 19.7 Å². The number of ether oxygens (including phenoxy) is 1. The third kappa shape index (κ3) is 4.93. The molecular formula is C21H27NO2. The van der Waals surface area contributed by atoms with Gasteiger partial charge in [-0.15, -0.1) is 0 Å². The SMILES string of the molecule is COCCN(Cc1ccccc1)C(=O)c1ccc(C(C)(C)C)cc1. The zero-order valence-corrected chi connectivity index (χ0v) is 15.1. The van der Waals surface area contributed by atoms with E-state index in [1.54, 1.807) is 7.11 Å². The van der Waals surface area contributed by atoms with Crippen LogP contribution >= 0.6 is 0 Å². The van der Waals surface area contributed by atoms with Crippen molar-refractivity contribution in [1.82, 2.24) is 4.90 Å². The molecule has 1 amide bonds. The molecule has 0 fully saturated rings. The highest BCUT2D eigenvalue weighted by molar-refractivity contribution is 5.94. The zero-order chi connectivity index (χ0) is 17.6. The molecule has 2 rings (SSSR count). The molecule has 128 valence electrons. The van der Waals surface area contributed by atoms with Gasteiger partial charge in [0, 0.05) is 25.8 Å². The fraction of sp³-hybridized carbons (Fsp3) is 0.381.